The minimum atomic E-state index is -1.93. The van der Waals surface area contributed by atoms with Crippen LogP contribution < -0.4 is 26.6 Å². The molecule has 12 aliphatic heterocycles. The number of ether oxygens (including phenoxy) is 8. The van der Waals surface area contributed by atoms with Crippen molar-refractivity contribution in [1.82, 2.24) is 63.1 Å². The second-order valence-corrected chi connectivity index (χ2v) is 39.7. The van der Waals surface area contributed by atoms with Gasteiger partial charge in [-0.3, -0.25) is 19.2 Å². The number of rotatable bonds is 5. The summed E-state index contributed by atoms with van der Waals surface area (Å²) < 4.78 is 67.6. The maximum atomic E-state index is 13.3. The molecule has 12 aromatic carbocycles. The largest absolute Gasteiger partial charge is 0.467 e. The number of para-hydroxylation sites is 8. The van der Waals surface area contributed by atoms with Crippen LogP contribution in [0.2, 0.25) is 0 Å². The molecule has 0 aliphatic carbocycles. The highest BCUT2D eigenvalue weighted by Gasteiger charge is 2.67. The molecule has 9 N–H and O–H groups in total. The van der Waals surface area contributed by atoms with E-state index in [1.165, 1.54) is 14.2 Å². The molecule has 4 fully saturated rings. The van der Waals surface area contributed by atoms with Crippen molar-refractivity contribution in [2.75, 3.05) is 35.5 Å². The van der Waals surface area contributed by atoms with Crippen LogP contribution in [0.5, 0.6) is 0 Å². The van der Waals surface area contributed by atoms with Crippen LogP contribution in [0.3, 0.4) is 0 Å². The van der Waals surface area contributed by atoms with Gasteiger partial charge in [-0.2, -0.15) is 0 Å². The van der Waals surface area contributed by atoms with Gasteiger partial charge in [-0.25, -0.2) is 4.79 Å². The molecule has 16 atom stereocenters. The number of fused-ring (bicyclic) bond motifs is 52. The SMILES string of the molecule is CN[C@@H]1C[C@H]2O[C@@](C)([C@@H]1OC)n1c3ccccc3c3c4c(c5c6ccccc6n2c5c31)C(=O)NC4.COC(=O)[C@@]1(O)C[C@H]2O[C@]1(C)n1c3ccccc3c3c4c(c5c6ccccc6n2c5c31)C(=O)NC4.CO[C@@H]1[C@@H](O)[C@@H](O)[C@H]2O[C@]1(C)n1c3ccccc3c3c4c(c5c6ccccc6n2c5c31)C(=O)NC4.CO[C@@H]1[C@H](O)C[C@H]2O[C@]1(C)n1c3ccccc3c3c4c(c5c6ccccc6n2c5c31)C(=O)NC4. The summed E-state index contributed by atoms with van der Waals surface area (Å²) in [5, 5.41) is 77.7. The van der Waals surface area contributed by atoms with Crippen molar-refractivity contribution in [3.63, 3.8) is 0 Å². The maximum Gasteiger partial charge on any atom is 0.343 e. The van der Waals surface area contributed by atoms with Crippen molar-refractivity contribution >= 4 is 204 Å². The Labute approximate surface area is 788 Å². The number of carbonyl (C=O) groups excluding carboxylic acids is 5. The quantitative estimate of drug-likeness (QED) is 0.0723. The average molecular weight is 1860 g/mol. The van der Waals surface area contributed by atoms with Gasteiger partial charge in [-0.15, -0.1) is 0 Å². The molecule has 0 unspecified atom stereocenters. The molecule has 4 saturated heterocycles. The third-order valence-corrected chi connectivity index (χ3v) is 33.5. The molecule has 32 rings (SSSR count). The zero-order valence-corrected chi connectivity index (χ0v) is 76.9. The zero-order chi connectivity index (χ0) is 94.2. The monoisotopic (exact) mass is 1860 g/mol. The van der Waals surface area contributed by atoms with Crippen LogP contribution >= 0.6 is 0 Å². The lowest BCUT2D eigenvalue weighted by atomic mass is 9.88. The zero-order valence-electron chi connectivity index (χ0n) is 76.9. The summed E-state index contributed by atoms with van der Waals surface area (Å²) >= 11 is 0. The van der Waals surface area contributed by atoms with Crippen LogP contribution in [-0.2, 0) is 91.8 Å². The van der Waals surface area contributed by atoms with Crippen molar-refractivity contribution < 1.29 is 82.3 Å². The van der Waals surface area contributed by atoms with Gasteiger partial charge in [0.25, 0.3) is 23.6 Å². The maximum absolute atomic E-state index is 13.3. The highest BCUT2D eigenvalue weighted by atomic mass is 16.6. The summed E-state index contributed by atoms with van der Waals surface area (Å²) in [6.07, 6.45) is -5.71. The highest BCUT2D eigenvalue weighted by Crippen LogP contribution is 2.62. The lowest BCUT2D eigenvalue weighted by Crippen LogP contribution is -2.62. The van der Waals surface area contributed by atoms with Crippen molar-refractivity contribution in [3.8, 4) is 0 Å². The number of benzene rings is 12. The summed E-state index contributed by atoms with van der Waals surface area (Å²) in [4.78, 5) is 66.2. The minimum absolute atomic E-state index is 0.00357. The van der Waals surface area contributed by atoms with Gasteiger partial charge in [0.05, 0.1) is 124 Å². The number of nitrogens with one attached hydrogen (secondary N) is 5. The van der Waals surface area contributed by atoms with Gasteiger partial charge in [0.1, 0.15) is 49.2 Å². The number of carbonyl (C=O) groups is 5. The Morgan fingerprint density at radius 1 is 0.360 bits per heavy atom. The Hall–Kier alpha value is -14.1. The molecule has 0 spiro atoms. The lowest BCUT2D eigenvalue weighted by Gasteiger charge is -2.48. The molecular formula is C109H93N13O17. The molecule has 8 bridgehead atoms. The normalized spacial score (nSPS) is 27.8. The van der Waals surface area contributed by atoms with E-state index in [0.717, 1.165) is 214 Å². The predicted molar refractivity (Wildman–Crippen MR) is 524 cm³/mol. The molecule has 0 saturated carbocycles. The van der Waals surface area contributed by atoms with E-state index in [1.807, 2.05) is 145 Å². The molecule has 8 aromatic heterocycles. The molecule has 30 heteroatoms. The van der Waals surface area contributed by atoms with Crippen molar-refractivity contribution in [2.45, 2.75) is 169 Å². The summed E-state index contributed by atoms with van der Waals surface area (Å²) in [6, 6.07) is 65.1. The van der Waals surface area contributed by atoms with Crippen LogP contribution in [-0.4, -0.2) is 170 Å². The van der Waals surface area contributed by atoms with E-state index in [1.54, 1.807) is 21.1 Å². The fourth-order valence-corrected chi connectivity index (χ4v) is 28.2. The molecule has 139 heavy (non-hydrogen) atoms. The van der Waals surface area contributed by atoms with E-state index in [9.17, 15) is 44.4 Å². The summed E-state index contributed by atoms with van der Waals surface area (Å²) in [5.74, 6) is -0.956. The topological polar surface area (TPSA) is 340 Å². The number of hydrogen-bond acceptors (Lipinski definition) is 18. The molecule has 0 radical (unpaired) electrons. The molecule has 4 amide bonds. The Morgan fingerprint density at radius 2 is 0.662 bits per heavy atom. The Morgan fingerprint density at radius 3 is 1.02 bits per heavy atom. The van der Waals surface area contributed by atoms with E-state index < -0.39 is 83.7 Å². The van der Waals surface area contributed by atoms with Gasteiger partial charge in [-0.1, -0.05) is 146 Å². The van der Waals surface area contributed by atoms with E-state index in [0.29, 0.717) is 43.7 Å². The third kappa shape index (κ3) is 9.60. The number of nitrogens with zero attached hydrogens (tertiary/aromatic N) is 8. The van der Waals surface area contributed by atoms with Gasteiger partial charge >= 0.3 is 5.97 Å². The molecular weight excluding hydrogens is 1760 g/mol. The number of aliphatic hydroxyl groups is 4. The average Bonchev–Trinajstić information content (AvgIpc) is 1.49. The first-order chi connectivity index (χ1) is 67.5. The van der Waals surface area contributed by atoms with Crippen molar-refractivity contribution in [3.05, 3.63) is 239 Å². The fraction of sp³-hybridized carbons (Fsp3) is 0.294. The number of hydrogen-bond donors (Lipinski definition) is 9. The molecule has 12 aliphatic rings. The molecule has 30 nitrogen and oxygen atoms in total. The van der Waals surface area contributed by atoms with E-state index in [4.69, 9.17) is 37.9 Å². The van der Waals surface area contributed by atoms with Gasteiger partial charge < -0.3 is 121 Å². The second-order valence-electron chi connectivity index (χ2n) is 39.7. The Balaban J connectivity index is 0.0000000892. The van der Waals surface area contributed by atoms with Crippen LogP contribution in [0, 0.1) is 0 Å². The van der Waals surface area contributed by atoms with Gasteiger partial charge in [0.2, 0.25) is 5.60 Å². The third-order valence-electron chi connectivity index (χ3n) is 33.5. The minimum Gasteiger partial charge on any atom is -0.467 e. The van der Waals surface area contributed by atoms with E-state index >= 15 is 0 Å². The Bertz CT molecular complexity index is 9130. The lowest BCUT2D eigenvalue weighted by molar-refractivity contribution is -0.314. The van der Waals surface area contributed by atoms with E-state index in [2.05, 4.69) is 140 Å². The number of aromatic nitrogens is 8. The van der Waals surface area contributed by atoms with Crippen LogP contribution in [0.4, 0.5) is 0 Å². The highest BCUT2D eigenvalue weighted by molar-refractivity contribution is 6.36. The second kappa shape index (κ2) is 27.7. The number of esters is 1. The van der Waals surface area contributed by atoms with Gasteiger partial charge in [0, 0.05) is 159 Å². The summed E-state index contributed by atoms with van der Waals surface area (Å²) in [5.41, 5.74) is 16.1. The molecule has 20 aromatic rings. The van der Waals surface area contributed by atoms with Crippen LogP contribution in [0.15, 0.2) is 194 Å². The first-order valence-corrected chi connectivity index (χ1v) is 47.5. The number of likely N-dealkylation sites (N-methyl/N-ethyl adjacent to an activating group) is 1. The smallest absolute Gasteiger partial charge is 0.343 e. The fourth-order valence-electron chi connectivity index (χ4n) is 28.2. The predicted octanol–water partition coefficient (Wildman–Crippen LogP) is 15.2. The summed E-state index contributed by atoms with van der Waals surface area (Å²) in [6.45, 7) is 9.71. The molecule has 696 valence electrons. The van der Waals surface area contributed by atoms with Gasteiger partial charge in [0.15, 0.2) is 29.1 Å². The number of aliphatic hydroxyl groups excluding tert-OH is 3. The first kappa shape index (κ1) is 82.0. The van der Waals surface area contributed by atoms with Crippen LogP contribution in [0.1, 0.15) is 136 Å². The van der Waals surface area contributed by atoms with E-state index in [-0.39, 0.29) is 48.4 Å². The summed E-state index contributed by atoms with van der Waals surface area (Å²) in [7, 11) is 8.21. The molecule has 20 heterocycles. The Kier molecular flexibility index (Phi) is 16.4. The first-order valence-electron chi connectivity index (χ1n) is 47.5. The van der Waals surface area contributed by atoms with Gasteiger partial charge in [-0.05, 0) is 106 Å². The number of amides is 4. The standard InChI is InChI=1S/C28H26N4O3.C27H21N3O5.C27H23N3O5.C27H23N3O4/c1-28-26(34-3)17(29-2)12-20(35-28)31-18-10-6-4-8-14(18)22-23-16(13-30-27(23)33)21-15-9-5-7-11-19(15)32(28)25(21)24(22)31;1-26-27(33,25(32)34-2)11-18(35-26)29-16-9-5-3-7-13(16)20-21-15(12-28-24(21)31)19-14-8-4-6-10-17(14)30(26)23(19)22(20)29;1-27-24(34-2)22(31)23(32)26(35-27)29-15-9-5-3-7-12(15)18-19-14(11-28-25(19)33)17-13-8-4-6-10-16(13)30(27)21(17)20(18)29;1-27-25(33-2)18(31)11-19(34-27)29-16-9-5-3-7-13(16)21-22-15(12-28-26(22)32)20-14-8-4-6-10-17(14)30(27)24(20)23(21)29/h4-11,17,20,26,29H,12-13H2,1-3H3,(H,30,33);3-10,18,33H,11-12H2,1-2H3,(H,28,31);3-10,22-24,26,31-32H,11H2,1-2H3,(H,28,33);3-10,18-19,25,31H,11-12H2,1-2H3,(H,28,32)/t17-,20-,26-,28+;18-,26+,27+;22-,23+,24+,26+,27-;18-,19-,25-,27+/m1101/s1. The van der Waals surface area contributed by atoms with Crippen LogP contribution in [0.25, 0.3) is 174 Å². The number of methoxy groups -OCH3 is 4. The van der Waals surface area contributed by atoms with Crippen molar-refractivity contribution in [1.29, 1.82) is 0 Å². The van der Waals surface area contributed by atoms with Crippen molar-refractivity contribution in [2.24, 2.45) is 0 Å².